The predicted molar refractivity (Wildman–Crippen MR) is 72.1 cm³/mol. The highest BCUT2D eigenvalue weighted by molar-refractivity contribution is 5.70. The largest absolute Gasteiger partial charge is 0.497 e. The first kappa shape index (κ1) is 13.8. The van der Waals surface area contributed by atoms with Gasteiger partial charge in [-0.2, -0.15) is 0 Å². The van der Waals surface area contributed by atoms with Crippen LogP contribution in [0.5, 0.6) is 5.75 Å². The normalized spacial score (nSPS) is 21.3. The van der Waals surface area contributed by atoms with Crippen LogP contribution >= 0.6 is 0 Å². The van der Waals surface area contributed by atoms with Crippen molar-refractivity contribution in [1.29, 1.82) is 0 Å². The van der Waals surface area contributed by atoms with Crippen molar-refractivity contribution in [2.24, 2.45) is 11.7 Å². The van der Waals surface area contributed by atoms with Gasteiger partial charge in [-0.1, -0.05) is 12.1 Å². The van der Waals surface area contributed by atoms with E-state index in [4.69, 9.17) is 15.6 Å². The standard InChI is InChI=1S/C14H20N2O3/c1-19-12-4-2-10(3-5-12)13(8-15)16-7-6-11(9-16)14(17)18/h2-5,11,13H,6-9,15H2,1H3,(H,17,18). The van der Waals surface area contributed by atoms with Gasteiger partial charge in [0.1, 0.15) is 5.75 Å². The molecule has 3 N–H and O–H groups in total. The molecule has 0 radical (unpaired) electrons. The summed E-state index contributed by atoms with van der Waals surface area (Å²) in [6, 6.07) is 7.87. The van der Waals surface area contributed by atoms with Crippen molar-refractivity contribution in [3.63, 3.8) is 0 Å². The SMILES string of the molecule is COc1ccc(C(CN)N2CCC(C(=O)O)C2)cc1. The Morgan fingerprint density at radius 3 is 2.68 bits per heavy atom. The molecule has 2 atom stereocenters. The van der Waals surface area contributed by atoms with Gasteiger partial charge < -0.3 is 15.6 Å². The molecule has 1 saturated heterocycles. The highest BCUT2D eigenvalue weighted by Crippen LogP contribution is 2.28. The van der Waals surface area contributed by atoms with Gasteiger partial charge >= 0.3 is 5.97 Å². The quantitative estimate of drug-likeness (QED) is 0.833. The zero-order valence-corrected chi connectivity index (χ0v) is 11.1. The van der Waals surface area contributed by atoms with Crippen LogP contribution in [0.4, 0.5) is 0 Å². The highest BCUT2D eigenvalue weighted by atomic mass is 16.5. The van der Waals surface area contributed by atoms with E-state index in [9.17, 15) is 4.79 Å². The number of nitrogens with zero attached hydrogens (tertiary/aromatic N) is 1. The lowest BCUT2D eigenvalue weighted by Gasteiger charge is -2.27. The van der Waals surface area contributed by atoms with E-state index < -0.39 is 5.97 Å². The molecule has 0 aromatic heterocycles. The average molecular weight is 264 g/mol. The van der Waals surface area contributed by atoms with Crippen molar-refractivity contribution in [3.05, 3.63) is 29.8 Å². The van der Waals surface area contributed by atoms with Crippen molar-refractivity contribution >= 4 is 5.97 Å². The fourth-order valence-corrected chi connectivity index (χ4v) is 2.59. The number of likely N-dealkylation sites (tertiary alicyclic amines) is 1. The third-order valence-electron chi connectivity index (χ3n) is 3.73. The van der Waals surface area contributed by atoms with E-state index in [0.717, 1.165) is 17.9 Å². The van der Waals surface area contributed by atoms with Crippen LogP contribution in [0.15, 0.2) is 24.3 Å². The molecule has 1 fully saturated rings. The third kappa shape index (κ3) is 3.05. The van der Waals surface area contributed by atoms with Gasteiger partial charge in [0, 0.05) is 19.1 Å². The summed E-state index contributed by atoms with van der Waals surface area (Å²) in [6.45, 7) is 1.84. The number of nitrogens with two attached hydrogens (primary N) is 1. The zero-order valence-electron chi connectivity index (χ0n) is 11.1. The Morgan fingerprint density at radius 2 is 2.21 bits per heavy atom. The van der Waals surface area contributed by atoms with Crippen LogP contribution in [0.1, 0.15) is 18.0 Å². The van der Waals surface area contributed by atoms with Gasteiger partial charge in [0.25, 0.3) is 0 Å². The number of methoxy groups -OCH3 is 1. The lowest BCUT2D eigenvalue weighted by atomic mass is 10.1. The molecule has 1 aliphatic heterocycles. The second kappa shape index (κ2) is 6.04. The van der Waals surface area contributed by atoms with Crippen molar-refractivity contribution in [2.45, 2.75) is 12.5 Å². The maximum Gasteiger partial charge on any atom is 0.307 e. The van der Waals surface area contributed by atoms with Gasteiger partial charge in [0.2, 0.25) is 0 Å². The molecule has 5 nitrogen and oxygen atoms in total. The number of aliphatic carboxylic acids is 1. The summed E-state index contributed by atoms with van der Waals surface area (Å²) in [5, 5.41) is 9.05. The van der Waals surface area contributed by atoms with E-state index in [-0.39, 0.29) is 12.0 Å². The van der Waals surface area contributed by atoms with Crippen LogP contribution in [-0.2, 0) is 4.79 Å². The monoisotopic (exact) mass is 264 g/mol. The Morgan fingerprint density at radius 1 is 1.53 bits per heavy atom. The van der Waals surface area contributed by atoms with Crippen LogP contribution in [0.2, 0.25) is 0 Å². The summed E-state index contributed by atoms with van der Waals surface area (Å²) >= 11 is 0. The Hall–Kier alpha value is -1.59. The topological polar surface area (TPSA) is 75.8 Å². The lowest BCUT2D eigenvalue weighted by Crippen LogP contribution is -2.32. The molecule has 1 heterocycles. The molecule has 1 aliphatic rings. The smallest absolute Gasteiger partial charge is 0.307 e. The average Bonchev–Trinajstić information content (AvgIpc) is 2.90. The molecule has 0 bridgehead atoms. The Labute approximate surface area is 113 Å². The molecule has 19 heavy (non-hydrogen) atoms. The number of ether oxygens (including phenoxy) is 1. The molecule has 0 spiro atoms. The summed E-state index contributed by atoms with van der Waals surface area (Å²) in [5.41, 5.74) is 6.96. The fraction of sp³-hybridized carbons (Fsp3) is 0.500. The highest BCUT2D eigenvalue weighted by Gasteiger charge is 2.32. The van der Waals surface area contributed by atoms with E-state index in [1.165, 1.54) is 0 Å². The maximum absolute atomic E-state index is 11.0. The summed E-state index contributed by atoms with van der Waals surface area (Å²) in [6.07, 6.45) is 0.696. The predicted octanol–water partition coefficient (Wildman–Crippen LogP) is 1.10. The molecule has 1 aromatic carbocycles. The first-order chi connectivity index (χ1) is 9.15. The van der Waals surface area contributed by atoms with Crippen molar-refractivity contribution in [2.75, 3.05) is 26.7 Å². The summed E-state index contributed by atoms with van der Waals surface area (Å²) in [4.78, 5) is 13.2. The molecule has 2 rings (SSSR count). The second-order valence-electron chi connectivity index (χ2n) is 4.84. The summed E-state index contributed by atoms with van der Waals surface area (Å²) < 4.78 is 5.13. The van der Waals surface area contributed by atoms with Gasteiger partial charge in [-0.05, 0) is 30.7 Å². The van der Waals surface area contributed by atoms with Gasteiger partial charge in [-0.25, -0.2) is 0 Å². The van der Waals surface area contributed by atoms with E-state index >= 15 is 0 Å². The van der Waals surface area contributed by atoms with Gasteiger partial charge in [0.15, 0.2) is 0 Å². The van der Waals surface area contributed by atoms with E-state index in [1.54, 1.807) is 7.11 Å². The van der Waals surface area contributed by atoms with Gasteiger partial charge in [-0.3, -0.25) is 9.69 Å². The number of rotatable bonds is 5. The molecular formula is C14H20N2O3. The fourth-order valence-electron chi connectivity index (χ4n) is 2.59. The Bertz CT molecular complexity index is 433. The van der Waals surface area contributed by atoms with Crippen LogP contribution < -0.4 is 10.5 Å². The van der Waals surface area contributed by atoms with Crippen LogP contribution in [0.3, 0.4) is 0 Å². The van der Waals surface area contributed by atoms with Crippen LogP contribution in [0.25, 0.3) is 0 Å². The minimum atomic E-state index is -0.715. The lowest BCUT2D eigenvalue weighted by molar-refractivity contribution is -0.141. The number of carboxylic acids is 1. The first-order valence-corrected chi connectivity index (χ1v) is 6.46. The number of benzene rings is 1. The molecule has 0 saturated carbocycles. The number of carboxylic acid groups (broad SMARTS) is 1. The zero-order chi connectivity index (χ0) is 13.8. The molecule has 0 aliphatic carbocycles. The summed E-state index contributed by atoms with van der Waals surface area (Å²) in [5.74, 6) is -0.176. The van der Waals surface area contributed by atoms with Gasteiger partial charge in [0.05, 0.1) is 13.0 Å². The molecule has 5 heteroatoms. The van der Waals surface area contributed by atoms with E-state index in [0.29, 0.717) is 19.5 Å². The van der Waals surface area contributed by atoms with Gasteiger partial charge in [-0.15, -0.1) is 0 Å². The number of hydrogen-bond acceptors (Lipinski definition) is 4. The molecule has 0 amide bonds. The minimum absolute atomic E-state index is 0.0789. The molecule has 2 unspecified atom stereocenters. The van der Waals surface area contributed by atoms with Crippen molar-refractivity contribution < 1.29 is 14.6 Å². The Balaban J connectivity index is 2.09. The van der Waals surface area contributed by atoms with Crippen molar-refractivity contribution in [3.8, 4) is 5.75 Å². The molecular weight excluding hydrogens is 244 g/mol. The number of carbonyl (C=O) groups is 1. The second-order valence-corrected chi connectivity index (χ2v) is 4.84. The molecule has 1 aromatic rings. The van der Waals surface area contributed by atoms with Crippen LogP contribution in [-0.4, -0.2) is 42.7 Å². The third-order valence-corrected chi connectivity index (χ3v) is 3.73. The summed E-state index contributed by atoms with van der Waals surface area (Å²) in [7, 11) is 1.63. The van der Waals surface area contributed by atoms with E-state index in [2.05, 4.69) is 4.90 Å². The van der Waals surface area contributed by atoms with Crippen LogP contribution in [0, 0.1) is 5.92 Å². The first-order valence-electron chi connectivity index (χ1n) is 6.46. The number of hydrogen-bond donors (Lipinski definition) is 2. The Kier molecular flexibility index (Phi) is 4.39. The molecule has 104 valence electrons. The van der Waals surface area contributed by atoms with Crippen molar-refractivity contribution in [1.82, 2.24) is 4.90 Å². The van der Waals surface area contributed by atoms with E-state index in [1.807, 2.05) is 24.3 Å². The minimum Gasteiger partial charge on any atom is -0.497 e. The maximum atomic E-state index is 11.0.